The van der Waals surface area contributed by atoms with Gasteiger partial charge in [0.1, 0.15) is 48.8 Å². The molecule has 2 rings (SSSR count). The Hall–Kier alpha value is -1.27. The molecule has 12 unspecified atom stereocenters. The number of hydrogen-bond donors (Lipinski definition) is 9. The van der Waals surface area contributed by atoms with Crippen LogP contribution in [0.1, 0.15) is 187 Å². The zero-order valence-electron chi connectivity index (χ0n) is 37.9. The summed E-state index contributed by atoms with van der Waals surface area (Å²) in [5.41, 5.74) is 0. The molecule has 12 atom stereocenters. The molecular formula is C47H89NO13. The fourth-order valence-corrected chi connectivity index (χ4v) is 8.17. The monoisotopic (exact) mass is 876 g/mol. The van der Waals surface area contributed by atoms with Crippen LogP contribution < -0.4 is 5.32 Å². The second-order valence-corrected chi connectivity index (χ2v) is 17.6. The largest absolute Gasteiger partial charge is 0.394 e. The molecule has 14 heteroatoms. The number of hydrogen-bond acceptors (Lipinski definition) is 13. The van der Waals surface area contributed by atoms with Crippen LogP contribution in [0, 0.1) is 0 Å². The van der Waals surface area contributed by atoms with Crippen molar-refractivity contribution in [3.05, 3.63) is 12.2 Å². The van der Waals surface area contributed by atoms with Crippen LogP contribution >= 0.6 is 0 Å². The number of rotatable bonds is 37. The summed E-state index contributed by atoms with van der Waals surface area (Å²) in [5, 5.41) is 86.5. The summed E-state index contributed by atoms with van der Waals surface area (Å²) >= 11 is 0. The van der Waals surface area contributed by atoms with Crippen molar-refractivity contribution in [3.8, 4) is 0 Å². The minimum atomic E-state index is -1.78. The van der Waals surface area contributed by atoms with Crippen LogP contribution in [0.4, 0.5) is 0 Å². The van der Waals surface area contributed by atoms with Crippen molar-refractivity contribution in [1.29, 1.82) is 0 Å². The van der Waals surface area contributed by atoms with E-state index in [0.717, 1.165) is 38.5 Å². The van der Waals surface area contributed by atoms with Gasteiger partial charge in [0, 0.05) is 6.42 Å². The second-order valence-electron chi connectivity index (χ2n) is 17.6. The topological polar surface area (TPSA) is 228 Å². The molecule has 0 spiro atoms. The first-order chi connectivity index (χ1) is 29.6. The number of carbonyl (C=O) groups excluding carboxylic acids is 1. The highest BCUT2D eigenvalue weighted by Crippen LogP contribution is 2.30. The lowest BCUT2D eigenvalue weighted by atomic mass is 9.97. The Morgan fingerprint density at radius 1 is 0.574 bits per heavy atom. The van der Waals surface area contributed by atoms with E-state index in [4.69, 9.17) is 18.9 Å². The zero-order valence-corrected chi connectivity index (χ0v) is 37.9. The molecule has 2 heterocycles. The Bertz CT molecular complexity index is 1080. The minimum Gasteiger partial charge on any atom is -0.394 e. The van der Waals surface area contributed by atoms with E-state index in [9.17, 15) is 45.6 Å². The molecule has 0 aromatic heterocycles. The molecule has 0 aromatic carbocycles. The third-order valence-electron chi connectivity index (χ3n) is 12.2. The first kappa shape index (κ1) is 55.9. The third-order valence-corrected chi connectivity index (χ3v) is 12.2. The molecule has 0 aliphatic carbocycles. The quantitative estimate of drug-likeness (QED) is 0.0274. The molecule has 2 fully saturated rings. The van der Waals surface area contributed by atoms with Gasteiger partial charge in [-0.05, 0) is 19.3 Å². The fraction of sp³-hybridized carbons (Fsp3) is 0.936. The van der Waals surface area contributed by atoms with Gasteiger partial charge in [-0.25, -0.2) is 0 Å². The van der Waals surface area contributed by atoms with Gasteiger partial charge in [-0.2, -0.15) is 0 Å². The standard InChI is InChI=1S/C47H89NO13/c1-3-5-7-9-11-13-15-16-17-18-19-20-21-22-24-26-28-30-36(51)35(48-39(52)31-29-27-25-23-14-12-10-8-6-4-2)34-58-46-44(57)42(55)45(38(33-50)60-46)61-47-43(56)41(54)40(53)37(32-49)59-47/h28,30,35-38,40-47,49-51,53-57H,3-27,29,31-34H2,1-2H3,(H,48,52)/b30-28+. The SMILES string of the molecule is CCCCCCCCCCCCCCCCC/C=C/C(O)C(COC1OC(CO)C(OC2OC(CO)C(O)C(O)C2O)C(O)C1O)NC(=O)CCCCCCCCCCCC. The molecule has 0 bridgehead atoms. The number of allylic oxidation sites excluding steroid dienone is 1. The molecule has 0 aromatic rings. The Morgan fingerprint density at radius 3 is 1.51 bits per heavy atom. The second kappa shape index (κ2) is 35.0. The summed E-state index contributed by atoms with van der Waals surface area (Å²) in [6.45, 7) is 2.76. The predicted octanol–water partition coefficient (Wildman–Crippen LogP) is 5.60. The Balaban J connectivity index is 1.86. The average Bonchev–Trinajstić information content (AvgIpc) is 3.26. The third kappa shape index (κ3) is 23.0. The van der Waals surface area contributed by atoms with Gasteiger partial charge >= 0.3 is 0 Å². The summed E-state index contributed by atoms with van der Waals surface area (Å²) in [6.07, 6.45) is 18.3. The van der Waals surface area contributed by atoms with E-state index in [0.29, 0.717) is 6.42 Å². The van der Waals surface area contributed by atoms with E-state index in [1.807, 2.05) is 6.08 Å². The lowest BCUT2D eigenvalue weighted by Crippen LogP contribution is -2.65. The molecule has 14 nitrogen and oxygen atoms in total. The molecule has 2 aliphatic rings. The van der Waals surface area contributed by atoms with Crippen LogP contribution in [0.15, 0.2) is 12.2 Å². The molecule has 0 radical (unpaired) electrons. The molecule has 1 amide bonds. The van der Waals surface area contributed by atoms with Gasteiger partial charge in [-0.1, -0.05) is 174 Å². The van der Waals surface area contributed by atoms with Crippen molar-refractivity contribution < 1.29 is 64.6 Å². The van der Waals surface area contributed by atoms with Gasteiger partial charge in [0.2, 0.25) is 5.91 Å². The Labute approximate surface area is 367 Å². The summed E-state index contributed by atoms with van der Waals surface area (Å²) < 4.78 is 22.6. The molecule has 2 saturated heterocycles. The number of nitrogens with one attached hydrogen (secondary N) is 1. The normalized spacial score (nSPS) is 28.0. The van der Waals surface area contributed by atoms with Crippen LogP contribution in [0.3, 0.4) is 0 Å². The van der Waals surface area contributed by atoms with Crippen molar-refractivity contribution in [2.24, 2.45) is 0 Å². The van der Waals surface area contributed by atoms with E-state index in [-0.39, 0.29) is 18.9 Å². The molecule has 9 N–H and O–H groups in total. The van der Waals surface area contributed by atoms with E-state index in [2.05, 4.69) is 19.2 Å². The molecule has 0 saturated carbocycles. The number of aliphatic hydroxyl groups excluding tert-OH is 8. The van der Waals surface area contributed by atoms with Crippen molar-refractivity contribution in [2.75, 3.05) is 19.8 Å². The van der Waals surface area contributed by atoms with Crippen molar-refractivity contribution in [3.63, 3.8) is 0 Å². The van der Waals surface area contributed by atoms with Crippen molar-refractivity contribution >= 4 is 5.91 Å². The van der Waals surface area contributed by atoms with E-state index >= 15 is 0 Å². The fourth-order valence-electron chi connectivity index (χ4n) is 8.17. The maximum Gasteiger partial charge on any atom is 0.220 e. The van der Waals surface area contributed by atoms with Crippen LogP contribution in [0.2, 0.25) is 0 Å². The number of unbranched alkanes of at least 4 members (excludes halogenated alkanes) is 24. The minimum absolute atomic E-state index is 0.241. The van der Waals surface area contributed by atoms with Gasteiger partial charge in [0.25, 0.3) is 0 Å². The summed E-state index contributed by atoms with van der Waals surface area (Å²) in [4.78, 5) is 13.1. The molecule has 61 heavy (non-hydrogen) atoms. The molecular weight excluding hydrogens is 787 g/mol. The lowest BCUT2D eigenvalue weighted by Gasteiger charge is -2.46. The predicted molar refractivity (Wildman–Crippen MR) is 235 cm³/mol. The smallest absolute Gasteiger partial charge is 0.220 e. The van der Waals surface area contributed by atoms with Crippen molar-refractivity contribution in [1.82, 2.24) is 5.32 Å². The highest BCUT2D eigenvalue weighted by Gasteiger charge is 2.51. The van der Waals surface area contributed by atoms with Crippen LogP contribution in [0.5, 0.6) is 0 Å². The van der Waals surface area contributed by atoms with Gasteiger partial charge in [0.05, 0.1) is 32.0 Å². The van der Waals surface area contributed by atoms with Crippen LogP contribution in [-0.4, -0.2) is 140 Å². The van der Waals surface area contributed by atoms with Crippen LogP contribution in [-0.2, 0) is 23.7 Å². The van der Waals surface area contributed by atoms with Gasteiger partial charge in [0.15, 0.2) is 12.6 Å². The molecule has 360 valence electrons. The highest BCUT2D eigenvalue weighted by molar-refractivity contribution is 5.76. The Kier molecular flexibility index (Phi) is 32.1. The number of carbonyl (C=O) groups is 1. The zero-order chi connectivity index (χ0) is 44.7. The summed E-state index contributed by atoms with van der Waals surface area (Å²) in [6, 6.07) is -0.906. The average molecular weight is 876 g/mol. The molecule has 2 aliphatic heterocycles. The maximum absolute atomic E-state index is 13.1. The number of aliphatic hydroxyl groups is 8. The van der Waals surface area contributed by atoms with E-state index in [1.165, 1.54) is 122 Å². The Morgan fingerprint density at radius 2 is 1.02 bits per heavy atom. The first-order valence-electron chi connectivity index (χ1n) is 24.4. The van der Waals surface area contributed by atoms with Crippen LogP contribution in [0.25, 0.3) is 0 Å². The highest BCUT2D eigenvalue weighted by atomic mass is 16.7. The lowest BCUT2D eigenvalue weighted by molar-refractivity contribution is -0.359. The summed E-state index contributed by atoms with van der Waals surface area (Å²) in [5.74, 6) is -0.241. The van der Waals surface area contributed by atoms with Gasteiger partial charge in [-0.3, -0.25) is 4.79 Å². The van der Waals surface area contributed by atoms with E-state index in [1.54, 1.807) is 6.08 Å². The maximum atomic E-state index is 13.1. The van der Waals surface area contributed by atoms with Gasteiger partial charge in [-0.15, -0.1) is 0 Å². The first-order valence-corrected chi connectivity index (χ1v) is 24.4. The summed E-state index contributed by atoms with van der Waals surface area (Å²) in [7, 11) is 0. The van der Waals surface area contributed by atoms with E-state index < -0.39 is 86.8 Å². The number of amides is 1. The number of ether oxygens (including phenoxy) is 4. The van der Waals surface area contributed by atoms with Gasteiger partial charge < -0.3 is 65.1 Å². The van der Waals surface area contributed by atoms with Crippen molar-refractivity contribution in [2.45, 2.75) is 261 Å².